The Morgan fingerprint density at radius 3 is 2.75 bits per heavy atom. The van der Waals surface area contributed by atoms with E-state index >= 15 is 0 Å². The third kappa shape index (κ3) is 6.35. The standard InChI is InChI=1S/C21H32N4O2.HI/c1-16(20-14-18-6-4-5-7-19(18)27-20)24-21(22-2)23-15-17-8-10-25(11-9-17)12-13-26-3;/h4-7,14,16-17H,8-13,15H2,1-3H3,(H2,22,23,24);1H. The van der Waals surface area contributed by atoms with E-state index in [2.05, 4.69) is 39.6 Å². The van der Waals surface area contributed by atoms with E-state index in [0.29, 0.717) is 5.92 Å². The van der Waals surface area contributed by atoms with Gasteiger partial charge in [0.05, 0.1) is 12.6 Å². The van der Waals surface area contributed by atoms with Gasteiger partial charge in [0.15, 0.2) is 5.96 Å². The van der Waals surface area contributed by atoms with Gasteiger partial charge >= 0.3 is 0 Å². The third-order valence-corrected chi connectivity index (χ3v) is 5.33. The van der Waals surface area contributed by atoms with Crippen LogP contribution >= 0.6 is 24.0 Å². The minimum Gasteiger partial charge on any atom is -0.459 e. The fourth-order valence-corrected chi connectivity index (χ4v) is 3.56. The smallest absolute Gasteiger partial charge is 0.191 e. The van der Waals surface area contributed by atoms with Crippen LogP contribution in [0.2, 0.25) is 0 Å². The van der Waals surface area contributed by atoms with Crippen LogP contribution in [0.25, 0.3) is 11.0 Å². The second kappa shape index (κ2) is 11.6. The number of hydrogen-bond donors (Lipinski definition) is 2. The zero-order chi connectivity index (χ0) is 19.1. The van der Waals surface area contributed by atoms with Crippen LogP contribution in [0.4, 0.5) is 0 Å². The number of likely N-dealkylation sites (tertiary alicyclic amines) is 1. The highest BCUT2D eigenvalue weighted by Crippen LogP contribution is 2.23. The van der Waals surface area contributed by atoms with Crippen LogP contribution < -0.4 is 10.6 Å². The van der Waals surface area contributed by atoms with E-state index in [-0.39, 0.29) is 30.0 Å². The van der Waals surface area contributed by atoms with Crippen LogP contribution in [0.3, 0.4) is 0 Å². The molecule has 0 spiro atoms. The molecule has 3 rings (SSSR count). The maximum atomic E-state index is 5.95. The largest absolute Gasteiger partial charge is 0.459 e. The van der Waals surface area contributed by atoms with Crippen molar-refractivity contribution in [3.8, 4) is 0 Å². The van der Waals surface area contributed by atoms with Crippen LogP contribution in [-0.2, 0) is 4.74 Å². The van der Waals surface area contributed by atoms with Gasteiger partial charge in [0.2, 0.25) is 0 Å². The number of hydrogen-bond acceptors (Lipinski definition) is 4. The fourth-order valence-electron chi connectivity index (χ4n) is 3.56. The lowest BCUT2D eigenvalue weighted by atomic mass is 9.97. The van der Waals surface area contributed by atoms with Crippen molar-refractivity contribution in [1.29, 1.82) is 0 Å². The molecule has 1 aliphatic rings. The van der Waals surface area contributed by atoms with Crippen molar-refractivity contribution < 1.29 is 9.15 Å². The Morgan fingerprint density at radius 2 is 2.07 bits per heavy atom. The summed E-state index contributed by atoms with van der Waals surface area (Å²) in [6, 6.07) is 10.2. The van der Waals surface area contributed by atoms with Crippen molar-refractivity contribution >= 4 is 40.9 Å². The summed E-state index contributed by atoms with van der Waals surface area (Å²) < 4.78 is 11.1. The van der Waals surface area contributed by atoms with Crippen LogP contribution in [0.5, 0.6) is 0 Å². The molecule has 6 nitrogen and oxygen atoms in total. The first-order valence-corrected chi connectivity index (χ1v) is 9.86. The molecule has 0 saturated carbocycles. The van der Waals surface area contributed by atoms with E-state index in [1.807, 2.05) is 25.2 Å². The number of furan rings is 1. The predicted molar refractivity (Wildman–Crippen MR) is 126 cm³/mol. The van der Waals surface area contributed by atoms with Crippen molar-refractivity contribution in [3.63, 3.8) is 0 Å². The van der Waals surface area contributed by atoms with Crippen LogP contribution in [0.1, 0.15) is 31.6 Å². The SMILES string of the molecule is CN=C(NCC1CCN(CCOC)CC1)NC(C)c1cc2ccccc2o1.I. The maximum absolute atomic E-state index is 5.95. The fraction of sp³-hybridized carbons (Fsp3) is 0.571. The van der Waals surface area contributed by atoms with Crippen molar-refractivity contribution in [2.75, 3.05) is 46.9 Å². The number of piperidine rings is 1. The summed E-state index contributed by atoms with van der Waals surface area (Å²) in [6.07, 6.45) is 2.43. The molecule has 1 fully saturated rings. The molecule has 1 aromatic carbocycles. The first-order valence-electron chi connectivity index (χ1n) is 9.86. The van der Waals surface area contributed by atoms with Crippen molar-refractivity contribution in [3.05, 3.63) is 36.1 Å². The quantitative estimate of drug-likeness (QED) is 0.346. The molecule has 1 aliphatic heterocycles. The molecular weight excluding hydrogens is 467 g/mol. The van der Waals surface area contributed by atoms with E-state index in [1.54, 1.807) is 7.11 Å². The second-order valence-corrected chi connectivity index (χ2v) is 7.28. The molecule has 1 saturated heterocycles. The minimum atomic E-state index is 0. The van der Waals surface area contributed by atoms with Gasteiger partial charge in [-0.3, -0.25) is 4.99 Å². The number of methoxy groups -OCH3 is 1. The molecule has 156 valence electrons. The molecule has 7 heteroatoms. The van der Waals surface area contributed by atoms with Crippen molar-refractivity contribution in [2.24, 2.45) is 10.9 Å². The predicted octanol–water partition coefficient (Wildman–Crippen LogP) is 3.64. The van der Waals surface area contributed by atoms with E-state index in [9.17, 15) is 0 Å². The second-order valence-electron chi connectivity index (χ2n) is 7.28. The van der Waals surface area contributed by atoms with Crippen LogP contribution in [-0.4, -0.2) is 57.8 Å². The molecule has 0 amide bonds. The summed E-state index contributed by atoms with van der Waals surface area (Å²) in [4.78, 5) is 6.86. The number of guanidine groups is 1. The Hall–Kier alpha value is -1.32. The molecular formula is C21H33IN4O2. The van der Waals surface area contributed by atoms with Crippen LogP contribution in [0.15, 0.2) is 39.7 Å². The number of ether oxygens (including phenoxy) is 1. The first kappa shape index (κ1) is 23.0. The molecule has 2 N–H and O–H groups in total. The van der Waals surface area contributed by atoms with Gasteiger partial charge in [-0.05, 0) is 50.9 Å². The topological polar surface area (TPSA) is 62.0 Å². The van der Waals surface area contributed by atoms with Gasteiger partial charge in [0.25, 0.3) is 0 Å². The van der Waals surface area contributed by atoms with E-state index in [0.717, 1.165) is 55.5 Å². The van der Waals surface area contributed by atoms with Gasteiger partial charge in [0, 0.05) is 32.6 Å². The van der Waals surface area contributed by atoms with Gasteiger partial charge in [-0.25, -0.2) is 0 Å². The molecule has 28 heavy (non-hydrogen) atoms. The lowest BCUT2D eigenvalue weighted by Crippen LogP contribution is -2.43. The van der Waals surface area contributed by atoms with E-state index in [4.69, 9.17) is 9.15 Å². The van der Waals surface area contributed by atoms with Gasteiger partial charge in [-0.1, -0.05) is 18.2 Å². The average Bonchev–Trinajstić information content (AvgIpc) is 3.14. The first-order chi connectivity index (χ1) is 13.2. The number of fused-ring (bicyclic) bond motifs is 1. The highest BCUT2D eigenvalue weighted by molar-refractivity contribution is 14.0. The van der Waals surface area contributed by atoms with Crippen molar-refractivity contribution in [2.45, 2.75) is 25.8 Å². The third-order valence-electron chi connectivity index (χ3n) is 5.33. The summed E-state index contributed by atoms with van der Waals surface area (Å²) >= 11 is 0. The van der Waals surface area contributed by atoms with E-state index < -0.39 is 0 Å². The Labute approximate surface area is 185 Å². The van der Waals surface area contributed by atoms with Gasteiger partial charge in [-0.2, -0.15) is 0 Å². The zero-order valence-electron chi connectivity index (χ0n) is 17.1. The minimum absolute atomic E-state index is 0. The van der Waals surface area contributed by atoms with Gasteiger partial charge in [-0.15, -0.1) is 24.0 Å². The molecule has 1 atom stereocenters. The zero-order valence-corrected chi connectivity index (χ0v) is 19.4. The summed E-state index contributed by atoms with van der Waals surface area (Å²) in [7, 11) is 3.58. The molecule has 2 aromatic rings. The lowest BCUT2D eigenvalue weighted by Gasteiger charge is -2.32. The molecule has 1 unspecified atom stereocenters. The number of halogens is 1. The van der Waals surface area contributed by atoms with Gasteiger partial charge in [0.1, 0.15) is 11.3 Å². The highest BCUT2D eigenvalue weighted by Gasteiger charge is 2.19. The monoisotopic (exact) mass is 500 g/mol. The Balaban J connectivity index is 0.00000280. The Bertz CT molecular complexity index is 708. The van der Waals surface area contributed by atoms with E-state index in [1.165, 1.54) is 12.8 Å². The Morgan fingerprint density at radius 1 is 1.32 bits per heavy atom. The average molecular weight is 500 g/mol. The number of nitrogens with zero attached hydrogens (tertiary/aromatic N) is 2. The summed E-state index contributed by atoms with van der Waals surface area (Å²) in [6.45, 7) is 7.20. The number of aliphatic imine (C=N–C) groups is 1. The van der Waals surface area contributed by atoms with Crippen LogP contribution in [0, 0.1) is 5.92 Å². The normalized spacial score (nSPS) is 17.3. The lowest BCUT2D eigenvalue weighted by molar-refractivity contribution is 0.121. The number of para-hydroxylation sites is 1. The summed E-state index contributed by atoms with van der Waals surface area (Å²) in [5.74, 6) is 2.43. The molecule has 0 bridgehead atoms. The molecule has 0 radical (unpaired) electrons. The number of benzene rings is 1. The molecule has 2 heterocycles. The summed E-state index contributed by atoms with van der Waals surface area (Å²) in [5, 5.41) is 8.05. The molecule has 0 aliphatic carbocycles. The highest BCUT2D eigenvalue weighted by atomic mass is 127. The Kier molecular flexibility index (Phi) is 9.53. The number of rotatable bonds is 7. The number of nitrogens with one attached hydrogen (secondary N) is 2. The van der Waals surface area contributed by atoms with Crippen molar-refractivity contribution in [1.82, 2.24) is 15.5 Å². The maximum Gasteiger partial charge on any atom is 0.191 e. The van der Waals surface area contributed by atoms with Gasteiger partial charge < -0.3 is 24.7 Å². The molecule has 1 aromatic heterocycles. The summed E-state index contributed by atoms with van der Waals surface area (Å²) in [5.41, 5.74) is 0.921.